The van der Waals surface area contributed by atoms with Crippen molar-refractivity contribution in [2.75, 3.05) is 0 Å². The predicted octanol–water partition coefficient (Wildman–Crippen LogP) is 2.78. The number of carboxylic acid groups (broad SMARTS) is 1. The van der Waals surface area contributed by atoms with E-state index in [-0.39, 0.29) is 17.8 Å². The third-order valence-corrected chi connectivity index (χ3v) is 5.33. The van der Waals surface area contributed by atoms with E-state index in [0.717, 1.165) is 25.1 Å². The Morgan fingerprint density at radius 3 is 2.65 bits per heavy atom. The maximum atomic E-state index is 12.6. The number of benzene rings is 1. The first-order valence-electron chi connectivity index (χ1n) is 8.80. The van der Waals surface area contributed by atoms with Gasteiger partial charge in [-0.05, 0) is 37.8 Å². The van der Waals surface area contributed by atoms with Gasteiger partial charge in [-0.1, -0.05) is 30.2 Å². The number of nitrogens with one attached hydrogen (secondary N) is 1. The maximum absolute atomic E-state index is 12.6. The first-order chi connectivity index (χ1) is 12.5. The Morgan fingerprint density at radius 2 is 1.96 bits per heavy atom. The van der Waals surface area contributed by atoms with Gasteiger partial charge < -0.3 is 10.4 Å². The second-order valence-corrected chi connectivity index (χ2v) is 7.29. The lowest BCUT2D eigenvalue weighted by Crippen LogP contribution is -2.40. The van der Waals surface area contributed by atoms with Gasteiger partial charge in [0.05, 0.1) is 16.6 Å². The number of carbonyl (C=O) groups is 2. The van der Waals surface area contributed by atoms with Crippen LogP contribution < -0.4 is 5.32 Å². The van der Waals surface area contributed by atoms with Crippen molar-refractivity contribution in [3.63, 3.8) is 0 Å². The SMILES string of the molecule is O=C(N[C@H]1CCC[C@H]1C(=O)O)c1nc(C2CC2)n(-c2ccccc2Cl)n1. The van der Waals surface area contributed by atoms with Crippen molar-refractivity contribution in [3.05, 3.63) is 40.9 Å². The number of aliphatic carboxylic acids is 1. The van der Waals surface area contributed by atoms with Crippen molar-refractivity contribution < 1.29 is 14.7 Å². The Balaban J connectivity index is 1.61. The Kier molecular flexibility index (Phi) is 4.40. The molecule has 0 saturated heterocycles. The topological polar surface area (TPSA) is 97.1 Å². The second kappa shape index (κ2) is 6.72. The van der Waals surface area contributed by atoms with Crippen LogP contribution in [0.5, 0.6) is 0 Å². The predicted molar refractivity (Wildman–Crippen MR) is 94.6 cm³/mol. The van der Waals surface area contributed by atoms with Crippen molar-refractivity contribution in [1.29, 1.82) is 0 Å². The van der Waals surface area contributed by atoms with E-state index in [9.17, 15) is 14.7 Å². The zero-order chi connectivity index (χ0) is 18.3. The van der Waals surface area contributed by atoms with Gasteiger partial charge in [0.15, 0.2) is 0 Å². The average Bonchev–Trinajstić information content (AvgIpc) is 3.18. The zero-order valence-corrected chi connectivity index (χ0v) is 14.8. The highest BCUT2D eigenvalue weighted by Gasteiger charge is 2.36. The first kappa shape index (κ1) is 17.0. The van der Waals surface area contributed by atoms with Gasteiger partial charge in [0.2, 0.25) is 5.82 Å². The monoisotopic (exact) mass is 374 g/mol. The van der Waals surface area contributed by atoms with Gasteiger partial charge in [-0.3, -0.25) is 9.59 Å². The van der Waals surface area contributed by atoms with E-state index in [4.69, 9.17) is 11.6 Å². The highest BCUT2D eigenvalue weighted by atomic mass is 35.5. The van der Waals surface area contributed by atoms with Crippen molar-refractivity contribution in [3.8, 4) is 5.69 Å². The van der Waals surface area contributed by atoms with Crippen molar-refractivity contribution in [1.82, 2.24) is 20.1 Å². The van der Waals surface area contributed by atoms with Crippen LogP contribution in [0.1, 0.15) is 54.5 Å². The van der Waals surface area contributed by atoms with Crippen LogP contribution in [0.2, 0.25) is 5.02 Å². The average molecular weight is 375 g/mol. The molecule has 1 heterocycles. The standard InChI is InChI=1S/C18H19ClN4O3/c19-12-5-1-2-7-14(12)23-16(10-8-9-10)21-15(22-23)17(24)20-13-6-3-4-11(13)18(25)26/h1-2,5,7,10-11,13H,3-4,6,8-9H2,(H,20,24)(H,25,26)/t11-,13+/m1/s1. The molecular weight excluding hydrogens is 356 g/mol. The minimum atomic E-state index is -0.874. The van der Waals surface area contributed by atoms with Crippen LogP contribution in [0.3, 0.4) is 0 Å². The molecule has 0 bridgehead atoms. The fourth-order valence-electron chi connectivity index (χ4n) is 3.49. The van der Waals surface area contributed by atoms with E-state index < -0.39 is 17.8 Å². The number of hydrogen-bond acceptors (Lipinski definition) is 4. The summed E-state index contributed by atoms with van der Waals surface area (Å²) in [6.07, 6.45) is 4.04. The third kappa shape index (κ3) is 3.19. The lowest BCUT2D eigenvalue weighted by atomic mass is 10.0. The Bertz CT molecular complexity index is 862. The number of hydrogen-bond donors (Lipinski definition) is 2. The molecule has 7 nitrogen and oxygen atoms in total. The van der Waals surface area contributed by atoms with Crippen LogP contribution in [-0.2, 0) is 4.79 Å². The molecule has 0 aliphatic heterocycles. The summed E-state index contributed by atoms with van der Waals surface area (Å²) >= 11 is 6.28. The van der Waals surface area contributed by atoms with Gasteiger partial charge in [0.25, 0.3) is 5.91 Å². The number of para-hydroxylation sites is 1. The Labute approximate surface area is 155 Å². The molecule has 26 heavy (non-hydrogen) atoms. The van der Waals surface area contributed by atoms with Crippen LogP contribution in [0.25, 0.3) is 5.69 Å². The summed E-state index contributed by atoms with van der Waals surface area (Å²) in [6, 6.07) is 6.92. The summed E-state index contributed by atoms with van der Waals surface area (Å²) in [5.74, 6) is -0.796. The van der Waals surface area contributed by atoms with E-state index in [1.165, 1.54) is 0 Å². The molecule has 1 aromatic heterocycles. The molecule has 4 rings (SSSR count). The van der Waals surface area contributed by atoms with Gasteiger partial charge in [-0.15, -0.1) is 5.10 Å². The highest BCUT2D eigenvalue weighted by Crippen LogP contribution is 2.40. The molecule has 2 saturated carbocycles. The van der Waals surface area contributed by atoms with Gasteiger partial charge in [-0.25, -0.2) is 9.67 Å². The number of aromatic nitrogens is 3. The fraction of sp³-hybridized carbons (Fsp3) is 0.444. The van der Waals surface area contributed by atoms with Crippen molar-refractivity contribution in [2.45, 2.75) is 44.1 Å². The molecule has 2 fully saturated rings. The molecule has 0 spiro atoms. The highest BCUT2D eigenvalue weighted by molar-refractivity contribution is 6.32. The third-order valence-electron chi connectivity index (χ3n) is 5.01. The lowest BCUT2D eigenvalue weighted by molar-refractivity contribution is -0.142. The molecular formula is C18H19ClN4O3. The Morgan fingerprint density at radius 1 is 1.19 bits per heavy atom. The number of carbonyl (C=O) groups excluding carboxylic acids is 1. The summed E-state index contributed by atoms with van der Waals surface area (Å²) in [6.45, 7) is 0. The molecule has 2 N–H and O–H groups in total. The van der Waals surface area contributed by atoms with E-state index in [0.29, 0.717) is 23.6 Å². The quantitative estimate of drug-likeness (QED) is 0.838. The van der Waals surface area contributed by atoms with Crippen molar-refractivity contribution >= 4 is 23.5 Å². The number of rotatable bonds is 5. The van der Waals surface area contributed by atoms with Crippen LogP contribution in [0.4, 0.5) is 0 Å². The number of amides is 1. The zero-order valence-electron chi connectivity index (χ0n) is 14.1. The molecule has 2 atom stereocenters. The van der Waals surface area contributed by atoms with Gasteiger partial charge in [0.1, 0.15) is 5.82 Å². The summed E-state index contributed by atoms with van der Waals surface area (Å²) in [5, 5.41) is 17.0. The van der Waals surface area contributed by atoms with Gasteiger partial charge in [0, 0.05) is 12.0 Å². The number of nitrogens with zero attached hydrogens (tertiary/aromatic N) is 3. The molecule has 0 unspecified atom stereocenters. The smallest absolute Gasteiger partial charge is 0.308 e. The van der Waals surface area contributed by atoms with Gasteiger partial charge in [-0.2, -0.15) is 0 Å². The molecule has 136 valence electrons. The fourth-order valence-corrected chi connectivity index (χ4v) is 3.70. The normalized spacial score (nSPS) is 22.3. The summed E-state index contributed by atoms with van der Waals surface area (Å²) < 4.78 is 1.64. The molecule has 2 aliphatic rings. The van der Waals surface area contributed by atoms with E-state index in [2.05, 4.69) is 15.4 Å². The summed E-state index contributed by atoms with van der Waals surface area (Å²) in [4.78, 5) is 28.4. The minimum Gasteiger partial charge on any atom is -0.481 e. The van der Waals surface area contributed by atoms with E-state index >= 15 is 0 Å². The summed E-state index contributed by atoms with van der Waals surface area (Å²) in [5.41, 5.74) is 0.687. The Hall–Kier alpha value is -2.41. The molecule has 1 amide bonds. The molecule has 2 aliphatic carbocycles. The van der Waals surface area contributed by atoms with Gasteiger partial charge >= 0.3 is 5.97 Å². The minimum absolute atomic E-state index is 0.0582. The largest absolute Gasteiger partial charge is 0.481 e. The molecule has 2 aromatic rings. The van der Waals surface area contributed by atoms with E-state index in [1.807, 2.05) is 18.2 Å². The first-order valence-corrected chi connectivity index (χ1v) is 9.18. The number of carboxylic acids is 1. The van der Waals surface area contributed by atoms with Crippen LogP contribution in [0.15, 0.2) is 24.3 Å². The van der Waals surface area contributed by atoms with Crippen LogP contribution in [-0.4, -0.2) is 37.8 Å². The van der Waals surface area contributed by atoms with Crippen LogP contribution in [0, 0.1) is 5.92 Å². The molecule has 8 heteroatoms. The van der Waals surface area contributed by atoms with E-state index in [1.54, 1.807) is 10.7 Å². The van der Waals surface area contributed by atoms with Crippen LogP contribution >= 0.6 is 11.6 Å². The lowest BCUT2D eigenvalue weighted by Gasteiger charge is -2.16. The molecule has 0 radical (unpaired) electrons. The molecule has 1 aromatic carbocycles. The maximum Gasteiger partial charge on any atom is 0.308 e. The second-order valence-electron chi connectivity index (χ2n) is 6.89. The number of halogens is 1. The summed E-state index contributed by atoms with van der Waals surface area (Å²) in [7, 11) is 0. The van der Waals surface area contributed by atoms with Crippen molar-refractivity contribution in [2.24, 2.45) is 5.92 Å².